The van der Waals surface area contributed by atoms with Gasteiger partial charge in [-0.05, 0) is 47.4 Å². The van der Waals surface area contributed by atoms with Crippen molar-refractivity contribution in [2.45, 2.75) is 29.9 Å². The number of benzene rings is 3. The van der Waals surface area contributed by atoms with E-state index >= 15 is 0 Å². The fourth-order valence-electron chi connectivity index (χ4n) is 2.78. The molecule has 0 saturated heterocycles. The van der Waals surface area contributed by atoms with Gasteiger partial charge in [0.15, 0.2) is 0 Å². The number of nitrogens with one attached hydrogen (secondary N) is 1. The van der Waals surface area contributed by atoms with Gasteiger partial charge in [0.25, 0.3) is 0 Å². The Bertz CT molecular complexity index is 892. The Morgan fingerprint density at radius 2 is 1.59 bits per heavy atom. The highest BCUT2D eigenvalue weighted by molar-refractivity contribution is 8.00. The lowest BCUT2D eigenvalue weighted by atomic mass is 10.0. The molecular formula is C23H24N2OS. The normalized spacial score (nSPS) is 12.0. The second-order valence-corrected chi connectivity index (χ2v) is 7.93. The predicted octanol–water partition coefficient (Wildman–Crippen LogP) is 5.86. The molecule has 4 heteroatoms. The fourth-order valence-corrected chi connectivity index (χ4v) is 3.88. The molecule has 3 N–H and O–H groups in total. The Morgan fingerprint density at radius 1 is 0.889 bits per heavy atom. The van der Waals surface area contributed by atoms with Crippen LogP contribution in [0.5, 0.6) is 0 Å². The van der Waals surface area contributed by atoms with E-state index in [1.165, 1.54) is 17.3 Å². The van der Waals surface area contributed by atoms with Gasteiger partial charge in [-0.15, -0.1) is 11.8 Å². The number of hydrogen-bond acceptors (Lipinski definition) is 3. The molecule has 0 bridgehead atoms. The van der Waals surface area contributed by atoms with Gasteiger partial charge in [0.05, 0.1) is 0 Å². The molecular weight excluding hydrogens is 352 g/mol. The van der Waals surface area contributed by atoms with Crippen LogP contribution in [0.3, 0.4) is 0 Å². The van der Waals surface area contributed by atoms with E-state index in [-0.39, 0.29) is 11.2 Å². The van der Waals surface area contributed by atoms with Gasteiger partial charge in [-0.2, -0.15) is 0 Å². The van der Waals surface area contributed by atoms with Gasteiger partial charge in [0.2, 0.25) is 5.91 Å². The summed E-state index contributed by atoms with van der Waals surface area (Å²) >= 11 is 1.50. The van der Waals surface area contributed by atoms with E-state index in [0.717, 1.165) is 16.1 Å². The van der Waals surface area contributed by atoms with Crippen molar-refractivity contribution in [2.24, 2.45) is 0 Å². The summed E-state index contributed by atoms with van der Waals surface area (Å²) < 4.78 is 0. The smallest absolute Gasteiger partial charge is 0.242 e. The van der Waals surface area contributed by atoms with Crippen molar-refractivity contribution in [2.75, 3.05) is 11.1 Å². The molecule has 1 atom stereocenters. The minimum Gasteiger partial charge on any atom is -0.399 e. The number of nitrogen functional groups attached to an aromatic ring is 1. The Labute approximate surface area is 165 Å². The lowest BCUT2D eigenvalue weighted by Crippen LogP contribution is -2.19. The first-order valence-corrected chi connectivity index (χ1v) is 9.89. The molecule has 138 valence electrons. The highest BCUT2D eigenvalue weighted by Crippen LogP contribution is 2.36. The van der Waals surface area contributed by atoms with E-state index in [2.05, 4.69) is 31.3 Å². The van der Waals surface area contributed by atoms with Crippen molar-refractivity contribution < 1.29 is 4.79 Å². The van der Waals surface area contributed by atoms with Crippen LogP contribution in [0.25, 0.3) is 0 Å². The lowest BCUT2D eigenvalue weighted by molar-refractivity contribution is -0.115. The average molecular weight is 377 g/mol. The summed E-state index contributed by atoms with van der Waals surface area (Å²) in [5.74, 6) is 0.414. The summed E-state index contributed by atoms with van der Waals surface area (Å²) in [6.07, 6.45) is 0. The summed E-state index contributed by atoms with van der Waals surface area (Å²) in [6.45, 7) is 4.31. The minimum atomic E-state index is -0.363. The first-order valence-electron chi connectivity index (χ1n) is 9.01. The molecule has 1 unspecified atom stereocenters. The molecule has 0 aliphatic rings. The maximum Gasteiger partial charge on any atom is 0.242 e. The predicted molar refractivity (Wildman–Crippen MR) is 115 cm³/mol. The number of amides is 1. The van der Waals surface area contributed by atoms with Crippen LogP contribution in [-0.4, -0.2) is 5.91 Å². The number of carbonyl (C=O) groups is 1. The monoisotopic (exact) mass is 376 g/mol. The molecule has 0 saturated carbocycles. The summed E-state index contributed by atoms with van der Waals surface area (Å²) in [5, 5.41) is 2.69. The van der Waals surface area contributed by atoms with Crippen LogP contribution in [0.1, 0.15) is 36.1 Å². The second kappa shape index (κ2) is 8.78. The lowest BCUT2D eigenvalue weighted by Gasteiger charge is -2.18. The van der Waals surface area contributed by atoms with Crippen LogP contribution in [0.2, 0.25) is 0 Å². The van der Waals surface area contributed by atoms with E-state index < -0.39 is 0 Å². The molecule has 3 nitrogen and oxygen atoms in total. The third-order valence-corrected chi connectivity index (χ3v) is 5.55. The van der Waals surface area contributed by atoms with E-state index in [4.69, 9.17) is 5.73 Å². The summed E-state index contributed by atoms with van der Waals surface area (Å²) in [5.41, 5.74) is 9.60. The van der Waals surface area contributed by atoms with Crippen molar-refractivity contribution in [1.82, 2.24) is 0 Å². The van der Waals surface area contributed by atoms with Crippen molar-refractivity contribution in [1.29, 1.82) is 0 Å². The van der Waals surface area contributed by atoms with Crippen LogP contribution in [0, 0.1) is 0 Å². The Morgan fingerprint density at radius 3 is 2.22 bits per heavy atom. The van der Waals surface area contributed by atoms with E-state index in [9.17, 15) is 4.79 Å². The molecule has 0 aromatic heterocycles. The van der Waals surface area contributed by atoms with Gasteiger partial charge >= 0.3 is 0 Å². The van der Waals surface area contributed by atoms with Crippen molar-refractivity contribution in [3.8, 4) is 0 Å². The molecule has 0 fully saturated rings. The zero-order chi connectivity index (χ0) is 19.2. The first kappa shape index (κ1) is 19.1. The molecule has 3 rings (SSSR count). The van der Waals surface area contributed by atoms with Gasteiger partial charge in [-0.1, -0.05) is 62.4 Å². The van der Waals surface area contributed by atoms with Crippen LogP contribution < -0.4 is 11.1 Å². The van der Waals surface area contributed by atoms with Gasteiger partial charge < -0.3 is 11.1 Å². The summed E-state index contributed by atoms with van der Waals surface area (Å²) in [4.78, 5) is 14.0. The Hall–Kier alpha value is -2.72. The van der Waals surface area contributed by atoms with Crippen molar-refractivity contribution >= 4 is 29.0 Å². The first-order chi connectivity index (χ1) is 13.0. The maximum atomic E-state index is 13.1. The molecule has 0 aliphatic carbocycles. The fraction of sp³-hybridized carbons (Fsp3) is 0.174. The molecule has 0 spiro atoms. The zero-order valence-electron chi connectivity index (χ0n) is 15.6. The third-order valence-electron chi connectivity index (χ3n) is 4.30. The SMILES string of the molecule is CC(C)c1ccc(NC(=O)C(Sc2cccc(N)c2)c2ccccc2)cc1. The van der Waals surface area contributed by atoms with Crippen molar-refractivity contribution in [3.63, 3.8) is 0 Å². The van der Waals surface area contributed by atoms with Gasteiger partial charge in [-0.3, -0.25) is 4.79 Å². The number of anilines is 2. The largest absolute Gasteiger partial charge is 0.399 e. The molecule has 27 heavy (non-hydrogen) atoms. The zero-order valence-corrected chi connectivity index (χ0v) is 16.4. The average Bonchev–Trinajstić information content (AvgIpc) is 2.67. The molecule has 1 amide bonds. The Balaban J connectivity index is 1.82. The van der Waals surface area contributed by atoms with Crippen LogP contribution >= 0.6 is 11.8 Å². The van der Waals surface area contributed by atoms with Crippen LogP contribution in [0.15, 0.2) is 83.8 Å². The number of thioether (sulfide) groups is 1. The molecule has 0 heterocycles. The van der Waals surface area contributed by atoms with Crippen LogP contribution in [-0.2, 0) is 4.79 Å². The van der Waals surface area contributed by atoms with Gasteiger partial charge in [-0.25, -0.2) is 0 Å². The maximum absolute atomic E-state index is 13.1. The standard InChI is InChI=1S/C23H24N2OS/c1-16(2)17-11-13-20(14-12-17)25-23(26)22(18-7-4-3-5-8-18)27-21-10-6-9-19(24)15-21/h3-16,22H,24H2,1-2H3,(H,25,26). The van der Waals surface area contributed by atoms with E-state index in [0.29, 0.717) is 11.6 Å². The minimum absolute atomic E-state index is 0.0501. The number of carbonyl (C=O) groups excluding carboxylic acids is 1. The molecule has 3 aromatic carbocycles. The highest BCUT2D eigenvalue weighted by Gasteiger charge is 2.22. The van der Waals surface area contributed by atoms with E-state index in [1.807, 2.05) is 66.7 Å². The third kappa shape index (κ3) is 5.14. The summed E-state index contributed by atoms with van der Waals surface area (Å²) in [6, 6.07) is 25.5. The van der Waals surface area contributed by atoms with Crippen LogP contribution in [0.4, 0.5) is 11.4 Å². The molecule has 0 aliphatic heterocycles. The topological polar surface area (TPSA) is 55.1 Å². The Kier molecular flexibility index (Phi) is 6.20. The molecule has 0 radical (unpaired) electrons. The van der Waals surface area contributed by atoms with E-state index in [1.54, 1.807) is 0 Å². The number of nitrogens with two attached hydrogens (primary N) is 1. The van der Waals surface area contributed by atoms with Gasteiger partial charge in [0.1, 0.15) is 5.25 Å². The number of rotatable bonds is 6. The second-order valence-electron chi connectivity index (χ2n) is 6.75. The van der Waals surface area contributed by atoms with Gasteiger partial charge in [0, 0.05) is 16.3 Å². The van der Waals surface area contributed by atoms with Crippen molar-refractivity contribution in [3.05, 3.63) is 90.0 Å². The highest BCUT2D eigenvalue weighted by atomic mass is 32.2. The molecule has 3 aromatic rings. The summed E-state index contributed by atoms with van der Waals surface area (Å²) in [7, 11) is 0. The quantitative estimate of drug-likeness (QED) is 0.418. The number of hydrogen-bond donors (Lipinski definition) is 2.